The van der Waals surface area contributed by atoms with Gasteiger partial charge in [0.25, 0.3) is 0 Å². The van der Waals surface area contributed by atoms with E-state index in [2.05, 4.69) is 5.32 Å². The summed E-state index contributed by atoms with van der Waals surface area (Å²) >= 11 is 0. The highest BCUT2D eigenvalue weighted by atomic mass is 16.3. The van der Waals surface area contributed by atoms with Crippen LogP contribution in [0.5, 0.6) is 0 Å². The Labute approximate surface area is 61.6 Å². The summed E-state index contributed by atoms with van der Waals surface area (Å²) in [5.41, 5.74) is 5.88. The Morgan fingerprint density at radius 3 is 2.70 bits per heavy atom. The molecule has 0 aromatic carbocycles. The highest BCUT2D eigenvalue weighted by Crippen LogP contribution is 2.34. The predicted molar refractivity (Wildman–Crippen MR) is 40.7 cm³/mol. The molecule has 3 heteroatoms. The number of aliphatic hydroxyl groups is 1. The van der Waals surface area contributed by atoms with Crippen LogP contribution in [0.4, 0.5) is 0 Å². The van der Waals surface area contributed by atoms with Crippen LogP contribution in [0.2, 0.25) is 0 Å². The van der Waals surface area contributed by atoms with Gasteiger partial charge in [0.1, 0.15) is 0 Å². The summed E-state index contributed by atoms with van der Waals surface area (Å²) in [6, 6.07) is 0. The molecular formula is C7H16N2O. The number of hydrogen-bond acceptors (Lipinski definition) is 3. The molecule has 0 spiro atoms. The van der Waals surface area contributed by atoms with Crippen molar-refractivity contribution in [1.82, 2.24) is 5.32 Å². The number of rotatable bonds is 3. The van der Waals surface area contributed by atoms with E-state index in [0.717, 1.165) is 19.4 Å². The molecule has 0 aromatic heterocycles. The van der Waals surface area contributed by atoms with Gasteiger partial charge in [-0.3, -0.25) is 0 Å². The van der Waals surface area contributed by atoms with Gasteiger partial charge in [-0.05, 0) is 25.8 Å². The van der Waals surface area contributed by atoms with Gasteiger partial charge in [-0.1, -0.05) is 0 Å². The molecule has 1 fully saturated rings. The maximum atomic E-state index is 8.71. The van der Waals surface area contributed by atoms with E-state index in [0.29, 0.717) is 12.5 Å². The molecule has 10 heavy (non-hydrogen) atoms. The van der Waals surface area contributed by atoms with E-state index in [1.165, 1.54) is 0 Å². The monoisotopic (exact) mass is 144 g/mol. The van der Waals surface area contributed by atoms with E-state index < -0.39 is 0 Å². The molecule has 0 atom stereocenters. The molecular weight excluding hydrogens is 128 g/mol. The zero-order chi connectivity index (χ0) is 7.61. The van der Waals surface area contributed by atoms with Crippen molar-refractivity contribution in [2.75, 3.05) is 20.2 Å². The average molecular weight is 144 g/mol. The van der Waals surface area contributed by atoms with Crippen LogP contribution in [-0.2, 0) is 0 Å². The lowest BCUT2D eigenvalue weighted by molar-refractivity contribution is 0.0828. The molecule has 0 saturated heterocycles. The normalized spacial score (nSPS) is 39.3. The Morgan fingerprint density at radius 1 is 1.70 bits per heavy atom. The van der Waals surface area contributed by atoms with E-state index >= 15 is 0 Å². The topological polar surface area (TPSA) is 58.3 Å². The summed E-state index contributed by atoms with van der Waals surface area (Å²) in [7, 11) is 1.90. The van der Waals surface area contributed by atoms with Crippen molar-refractivity contribution in [3.05, 3.63) is 0 Å². The fraction of sp³-hybridized carbons (Fsp3) is 1.00. The molecule has 0 heterocycles. The molecule has 4 N–H and O–H groups in total. The molecule has 1 saturated carbocycles. The fourth-order valence-corrected chi connectivity index (χ4v) is 1.72. The van der Waals surface area contributed by atoms with Crippen LogP contribution in [0.3, 0.4) is 0 Å². The van der Waals surface area contributed by atoms with E-state index in [4.69, 9.17) is 10.8 Å². The first-order valence-electron chi connectivity index (χ1n) is 3.74. The van der Waals surface area contributed by atoms with Crippen LogP contribution in [0.25, 0.3) is 0 Å². The Balaban J connectivity index is 2.20. The summed E-state index contributed by atoms with van der Waals surface area (Å²) in [5, 5.41) is 11.8. The third-order valence-electron chi connectivity index (χ3n) is 2.18. The zero-order valence-electron chi connectivity index (χ0n) is 6.43. The number of aliphatic hydroxyl groups excluding tert-OH is 1. The van der Waals surface area contributed by atoms with Gasteiger partial charge in [0.05, 0.1) is 0 Å². The van der Waals surface area contributed by atoms with Crippen LogP contribution in [0, 0.1) is 5.92 Å². The van der Waals surface area contributed by atoms with Crippen LogP contribution >= 0.6 is 0 Å². The second-order valence-corrected chi connectivity index (χ2v) is 3.35. The third-order valence-corrected chi connectivity index (χ3v) is 2.18. The van der Waals surface area contributed by atoms with Crippen LogP contribution in [0.1, 0.15) is 12.8 Å². The Hall–Kier alpha value is -0.120. The predicted octanol–water partition coefficient (Wildman–Crippen LogP) is -0.694. The second kappa shape index (κ2) is 2.86. The molecule has 1 aliphatic rings. The fourth-order valence-electron chi connectivity index (χ4n) is 1.72. The minimum absolute atomic E-state index is 0.0256. The van der Waals surface area contributed by atoms with Gasteiger partial charge in [-0.15, -0.1) is 0 Å². The highest BCUT2D eigenvalue weighted by Gasteiger charge is 2.39. The molecule has 3 nitrogen and oxygen atoms in total. The standard InChI is InChI=1S/C7H16N2O/c1-9-5-7(8)2-6(3-7)4-10/h6,9-10H,2-5,8H2,1H3. The molecule has 0 aliphatic heterocycles. The first-order chi connectivity index (χ1) is 4.70. The Kier molecular flexibility index (Phi) is 2.28. The molecule has 1 rings (SSSR count). The largest absolute Gasteiger partial charge is 0.396 e. The lowest BCUT2D eigenvalue weighted by atomic mass is 9.69. The van der Waals surface area contributed by atoms with Crippen molar-refractivity contribution in [3.8, 4) is 0 Å². The maximum Gasteiger partial charge on any atom is 0.0460 e. The van der Waals surface area contributed by atoms with E-state index in [1.807, 2.05) is 7.05 Å². The van der Waals surface area contributed by atoms with Gasteiger partial charge in [-0.2, -0.15) is 0 Å². The summed E-state index contributed by atoms with van der Waals surface area (Å²) in [4.78, 5) is 0. The number of nitrogens with one attached hydrogen (secondary N) is 1. The van der Waals surface area contributed by atoms with Crippen LogP contribution in [0.15, 0.2) is 0 Å². The summed E-state index contributed by atoms with van der Waals surface area (Å²) < 4.78 is 0. The van der Waals surface area contributed by atoms with Crippen molar-refractivity contribution < 1.29 is 5.11 Å². The lowest BCUT2D eigenvalue weighted by Gasteiger charge is -2.44. The summed E-state index contributed by atoms with van der Waals surface area (Å²) in [6.45, 7) is 1.16. The van der Waals surface area contributed by atoms with Gasteiger partial charge >= 0.3 is 0 Å². The number of hydrogen-bond donors (Lipinski definition) is 3. The van der Waals surface area contributed by atoms with Crippen molar-refractivity contribution in [2.24, 2.45) is 11.7 Å². The summed E-state index contributed by atoms with van der Waals surface area (Å²) in [6.07, 6.45) is 1.93. The van der Waals surface area contributed by atoms with Crippen molar-refractivity contribution in [2.45, 2.75) is 18.4 Å². The van der Waals surface area contributed by atoms with Gasteiger partial charge in [0, 0.05) is 18.7 Å². The first kappa shape index (κ1) is 7.98. The van der Waals surface area contributed by atoms with Gasteiger partial charge < -0.3 is 16.2 Å². The molecule has 0 radical (unpaired) electrons. The van der Waals surface area contributed by atoms with Gasteiger partial charge in [-0.25, -0.2) is 0 Å². The van der Waals surface area contributed by atoms with Crippen LogP contribution < -0.4 is 11.1 Å². The molecule has 0 aromatic rings. The molecule has 60 valence electrons. The smallest absolute Gasteiger partial charge is 0.0460 e. The van der Waals surface area contributed by atoms with E-state index in [1.54, 1.807) is 0 Å². The minimum atomic E-state index is -0.0256. The molecule has 0 amide bonds. The maximum absolute atomic E-state index is 8.71. The highest BCUT2D eigenvalue weighted by molar-refractivity contribution is 4.99. The van der Waals surface area contributed by atoms with E-state index in [-0.39, 0.29) is 5.54 Å². The van der Waals surface area contributed by atoms with E-state index in [9.17, 15) is 0 Å². The molecule has 0 bridgehead atoms. The zero-order valence-corrected chi connectivity index (χ0v) is 6.43. The average Bonchev–Trinajstić information content (AvgIpc) is 1.83. The lowest BCUT2D eigenvalue weighted by Crippen LogP contribution is -2.58. The number of nitrogens with two attached hydrogens (primary N) is 1. The van der Waals surface area contributed by atoms with Gasteiger partial charge in [0.2, 0.25) is 0 Å². The Bertz CT molecular complexity index is 110. The van der Waals surface area contributed by atoms with Gasteiger partial charge in [0.15, 0.2) is 0 Å². The molecule has 1 aliphatic carbocycles. The van der Waals surface area contributed by atoms with Crippen LogP contribution in [-0.4, -0.2) is 30.8 Å². The van der Waals surface area contributed by atoms with Crippen molar-refractivity contribution in [1.29, 1.82) is 0 Å². The third kappa shape index (κ3) is 1.48. The quantitative estimate of drug-likeness (QED) is 0.491. The Morgan fingerprint density at radius 2 is 2.30 bits per heavy atom. The minimum Gasteiger partial charge on any atom is -0.396 e. The number of likely N-dealkylation sites (N-methyl/N-ethyl adjacent to an activating group) is 1. The first-order valence-corrected chi connectivity index (χ1v) is 3.74. The summed E-state index contributed by atoms with van der Waals surface area (Å²) in [5.74, 6) is 0.457. The van der Waals surface area contributed by atoms with Crippen molar-refractivity contribution >= 4 is 0 Å². The second-order valence-electron chi connectivity index (χ2n) is 3.35. The SMILES string of the molecule is CNCC1(N)CC(CO)C1. The molecule has 0 unspecified atom stereocenters. The van der Waals surface area contributed by atoms with Crippen molar-refractivity contribution in [3.63, 3.8) is 0 Å².